The average Bonchev–Trinajstić information content (AvgIpc) is 3.26. The van der Waals surface area contributed by atoms with Gasteiger partial charge in [0, 0.05) is 69.5 Å². The van der Waals surface area contributed by atoms with E-state index in [0.717, 1.165) is 75.4 Å². The van der Waals surface area contributed by atoms with Crippen molar-refractivity contribution in [3.8, 4) is 10.6 Å². The summed E-state index contributed by atoms with van der Waals surface area (Å²) in [6.45, 7) is 8.94. The number of carbonyl (C=O) groups excluding carboxylic acids is 1. The summed E-state index contributed by atoms with van der Waals surface area (Å²) >= 11 is 1.49. The summed E-state index contributed by atoms with van der Waals surface area (Å²) in [5.74, 6) is 0.822. The Hall–Kier alpha value is -2.07. The molecule has 8 nitrogen and oxygen atoms in total. The number of likely N-dealkylation sites (N-methyl/N-ethyl adjacent to an activating group) is 1. The summed E-state index contributed by atoms with van der Waals surface area (Å²) in [7, 11) is 2.14. The molecule has 2 fully saturated rings. The van der Waals surface area contributed by atoms with Crippen LogP contribution < -0.4 is 10.2 Å². The molecule has 4 heterocycles. The second-order valence-electron chi connectivity index (χ2n) is 7.44. The number of rotatable bonds is 6. The zero-order valence-electron chi connectivity index (χ0n) is 16.8. The Labute approximate surface area is 175 Å². The fraction of sp³-hybridized carbons (Fsp3) is 0.550. The predicted octanol–water partition coefficient (Wildman–Crippen LogP) is 1.02. The summed E-state index contributed by atoms with van der Waals surface area (Å²) < 4.78 is 5.41. The highest BCUT2D eigenvalue weighted by Crippen LogP contribution is 2.26. The molecule has 2 aliphatic heterocycles. The van der Waals surface area contributed by atoms with E-state index in [1.54, 1.807) is 6.20 Å². The van der Waals surface area contributed by atoms with Gasteiger partial charge in [-0.05, 0) is 19.2 Å². The fourth-order valence-corrected chi connectivity index (χ4v) is 4.31. The number of anilines is 1. The first kappa shape index (κ1) is 20.2. The van der Waals surface area contributed by atoms with Crippen LogP contribution >= 0.6 is 11.3 Å². The van der Waals surface area contributed by atoms with E-state index in [1.807, 2.05) is 17.5 Å². The summed E-state index contributed by atoms with van der Waals surface area (Å²) in [5.41, 5.74) is 1.47. The zero-order chi connectivity index (χ0) is 20.1. The average molecular weight is 417 g/mol. The van der Waals surface area contributed by atoms with Crippen molar-refractivity contribution in [3.63, 3.8) is 0 Å². The summed E-state index contributed by atoms with van der Waals surface area (Å²) in [4.78, 5) is 28.4. The van der Waals surface area contributed by atoms with Crippen LogP contribution in [-0.2, 0) is 4.74 Å². The van der Waals surface area contributed by atoms with Gasteiger partial charge in [-0.1, -0.05) is 0 Å². The van der Waals surface area contributed by atoms with Crippen molar-refractivity contribution in [2.45, 2.75) is 0 Å². The minimum absolute atomic E-state index is 0.107. The highest BCUT2D eigenvalue weighted by molar-refractivity contribution is 7.13. The summed E-state index contributed by atoms with van der Waals surface area (Å²) in [6.07, 6.45) is 1.80. The van der Waals surface area contributed by atoms with Gasteiger partial charge in [-0.15, -0.1) is 11.3 Å². The van der Waals surface area contributed by atoms with Gasteiger partial charge in [0.25, 0.3) is 5.91 Å². The van der Waals surface area contributed by atoms with Crippen molar-refractivity contribution in [1.82, 2.24) is 25.1 Å². The third-order valence-electron chi connectivity index (χ3n) is 5.37. The monoisotopic (exact) mass is 416 g/mol. The Morgan fingerprint density at radius 1 is 1.21 bits per heavy atom. The number of piperazine rings is 1. The lowest BCUT2D eigenvalue weighted by Crippen LogP contribution is -2.46. The number of carbonyl (C=O) groups is 1. The number of amides is 1. The normalized spacial score (nSPS) is 18.7. The van der Waals surface area contributed by atoms with Crippen LogP contribution in [0.25, 0.3) is 10.6 Å². The smallest absolute Gasteiger partial charge is 0.270 e. The topological polar surface area (TPSA) is 73.8 Å². The van der Waals surface area contributed by atoms with Crippen molar-refractivity contribution >= 4 is 23.1 Å². The largest absolute Gasteiger partial charge is 0.378 e. The van der Waals surface area contributed by atoms with Gasteiger partial charge in [-0.25, -0.2) is 9.97 Å². The fourth-order valence-electron chi connectivity index (χ4n) is 3.52. The van der Waals surface area contributed by atoms with Crippen molar-refractivity contribution in [3.05, 3.63) is 29.4 Å². The van der Waals surface area contributed by atoms with E-state index in [2.05, 4.69) is 37.0 Å². The molecule has 2 aromatic heterocycles. The lowest BCUT2D eigenvalue weighted by atomic mass is 10.2. The van der Waals surface area contributed by atoms with Crippen molar-refractivity contribution in [2.24, 2.45) is 0 Å². The zero-order valence-corrected chi connectivity index (χ0v) is 17.7. The van der Waals surface area contributed by atoms with Crippen LogP contribution in [0.3, 0.4) is 0 Å². The lowest BCUT2D eigenvalue weighted by Gasteiger charge is -2.32. The van der Waals surface area contributed by atoms with E-state index in [0.29, 0.717) is 12.2 Å². The maximum Gasteiger partial charge on any atom is 0.270 e. The number of pyridine rings is 1. The molecular formula is C20H28N6O2S. The molecule has 0 spiro atoms. The van der Waals surface area contributed by atoms with E-state index in [4.69, 9.17) is 4.74 Å². The van der Waals surface area contributed by atoms with Gasteiger partial charge in [0.1, 0.15) is 16.5 Å². The number of hydrogen-bond acceptors (Lipinski definition) is 8. The molecule has 1 amide bonds. The van der Waals surface area contributed by atoms with E-state index in [-0.39, 0.29) is 5.91 Å². The highest BCUT2D eigenvalue weighted by atomic mass is 32.1. The molecule has 2 saturated heterocycles. The Bertz CT molecular complexity index is 815. The first-order valence-corrected chi connectivity index (χ1v) is 11.0. The van der Waals surface area contributed by atoms with Crippen LogP contribution in [0.4, 0.5) is 5.82 Å². The first-order chi connectivity index (χ1) is 14.2. The highest BCUT2D eigenvalue weighted by Gasteiger charge is 2.17. The Kier molecular flexibility index (Phi) is 6.70. The molecule has 4 rings (SSSR count). The van der Waals surface area contributed by atoms with Crippen LogP contribution in [0.15, 0.2) is 23.7 Å². The minimum atomic E-state index is -0.107. The molecule has 9 heteroatoms. The molecule has 0 aliphatic carbocycles. The molecule has 2 aliphatic rings. The van der Waals surface area contributed by atoms with E-state index >= 15 is 0 Å². The van der Waals surface area contributed by atoms with E-state index in [1.165, 1.54) is 11.3 Å². The van der Waals surface area contributed by atoms with E-state index in [9.17, 15) is 4.79 Å². The molecule has 29 heavy (non-hydrogen) atoms. The van der Waals surface area contributed by atoms with Gasteiger partial charge in [0.05, 0.1) is 13.2 Å². The number of nitrogens with zero attached hydrogens (tertiary/aromatic N) is 5. The number of morpholine rings is 1. The van der Waals surface area contributed by atoms with Gasteiger partial charge in [-0.2, -0.15) is 0 Å². The summed E-state index contributed by atoms with van der Waals surface area (Å²) in [5, 5.41) is 5.67. The first-order valence-electron chi connectivity index (χ1n) is 10.1. The Morgan fingerprint density at radius 2 is 2.00 bits per heavy atom. The quantitative estimate of drug-likeness (QED) is 0.754. The number of nitrogens with one attached hydrogen (secondary N) is 1. The molecule has 0 atom stereocenters. The van der Waals surface area contributed by atoms with Gasteiger partial charge >= 0.3 is 0 Å². The number of thiazole rings is 1. The standard InChI is InChI=1S/C20H28N6O2S/c1-24-6-8-25(9-7-24)5-4-22-19(27)17-15-29-20(23-17)16-2-3-21-18(14-16)26-10-12-28-13-11-26/h2-3,14-15H,4-13H2,1H3,(H,22,27). The molecular weight excluding hydrogens is 388 g/mol. The van der Waals surface area contributed by atoms with Crippen molar-refractivity contribution < 1.29 is 9.53 Å². The van der Waals surface area contributed by atoms with Crippen LogP contribution in [0, 0.1) is 0 Å². The van der Waals surface area contributed by atoms with Gasteiger partial charge in [-0.3, -0.25) is 9.69 Å². The van der Waals surface area contributed by atoms with Gasteiger partial charge < -0.3 is 19.9 Å². The third-order valence-corrected chi connectivity index (χ3v) is 6.27. The molecule has 156 valence electrons. The van der Waals surface area contributed by atoms with Gasteiger partial charge in [0.2, 0.25) is 0 Å². The second kappa shape index (κ2) is 9.62. The summed E-state index contributed by atoms with van der Waals surface area (Å²) in [6, 6.07) is 3.98. The molecule has 0 saturated carbocycles. The molecule has 0 unspecified atom stereocenters. The lowest BCUT2D eigenvalue weighted by molar-refractivity contribution is 0.0937. The van der Waals surface area contributed by atoms with Gasteiger partial charge in [0.15, 0.2) is 0 Å². The maximum atomic E-state index is 12.5. The third kappa shape index (κ3) is 5.30. The molecule has 0 radical (unpaired) electrons. The number of hydrogen-bond donors (Lipinski definition) is 1. The molecule has 0 aromatic carbocycles. The molecule has 0 bridgehead atoms. The SMILES string of the molecule is CN1CCN(CCNC(=O)c2csc(-c3ccnc(N4CCOCC4)c3)n2)CC1. The Morgan fingerprint density at radius 3 is 2.79 bits per heavy atom. The second-order valence-corrected chi connectivity index (χ2v) is 8.30. The van der Waals surface area contributed by atoms with Crippen LogP contribution in [0.1, 0.15) is 10.5 Å². The predicted molar refractivity (Wildman–Crippen MR) is 115 cm³/mol. The van der Waals surface area contributed by atoms with Crippen LogP contribution in [0.2, 0.25) is 0 Å². The Balaban J connectivity index is 1.32. The molecule has 2 aromatic rings. The molecule has 1 N–H and O–H groups in total. The van der Waals surface area contributed by atoms with Crippen molar-refractivity contribution in [1.29, 1.82) is 0 Å². The van der Waals surface area contributed by atoms with E-state index < -0.39 is 0 Å². The maximum absolute atomic E-state index is 12.5. The number of ether oxygens (including phenoxy) is 1. The minimum Gasteiger partial charge on any atom is -0.378 e. The van der Waals surface area contributed by atoms with Crippen LogP contribution in [-0.4, -0.2) is 98.3 Å². The van der Waals surface area contributed by atoms with Crippen molar-refractivity contribution in [2.75, 3.05) is 77.5 Å². The number of aromatic nitrogens is 2. The van der Waals surface area contributed by atoms with Crippen LogP contribution in [0.5, 0.6) is 0 Å².